The molecule has 2 N–H and O–H groups in total. The van der Waals surface area contributed by atoms with Crippen molar-refractivity contribution in [1.29, 1.82) is 0 Å². The molecule has 15 heavy (non-hydrogen) atoms. The van der Waals surface area contributed by atoms with Gasteiger partial charge in [-0.05, 0) is 19.2 Å². The molecular weight excluding hydrogens is 214 g/mol. The monoisotopic (exact) mass is 227 g/mol. The van der Waals surface area contributed by atoms with Gasteiger partial charge in [0.1, 0.15) is 0 Å². The molecule has 1 rings (SSSR count). The van der Waals surface area contributed by atoms with E-state index in [9.17, 15) is 4.79 Å². The van der Waals surface area contributed by atoms with Gasteiger partial charge in [0.2, 0.25) is 5.91 Å². The normalized spacial score (nSPS) is 10.6. The molecule has 0 aliphatic carbocycles. The Morgan fingerprint density at radius 1 is 1.67 bits per heavy atom. The number of pyridine rings is 1. The predicted molar refractivity (Wildman–Crippen MR) is 59.4 cm³/mol. The highest BCUT2D eigenvalue weighted by atomic mass is 35.5. The third-order valence-corrected chi connectivity index (χ3v) is 2.34. The number of rotatable bonds is 5. The molecule has 0 aliphatic heterocycles. The molecule has 0 aliphatic rings. The minimum Gasteiger partial charge on any atom is -0.370 e. The van der Waals surface area contributed by atoms with Gasteiger partial charge in [-0.2, -0.15) is 0 Å². The Morgan fingerprint density at radius 3 is 3.00 bits per heavy atom. The summed E-state index contributed by atoms with van der Waals surface area (Å²) in [6.07, 6.45) is 2.05. The smallest absolute Gasteiger partial charge is 0.218 e. The Labute approximate surface area is 94.0 Å². The molecule has 0 radical (unpaired) electrons. The van der Waals surface area contributed by atoms with Crippen LogP contribution >= 0.6 is 11.6 Å². The average Bonchev–Trinajstić information content (AvgIpc) is 2.18. The molecule has 0 saturated heterocycles. The maximum atomic E-state index is 10.6. The van der Waals surface area contributed by atoms with E-state index in [1.807, 2.05) is 11.9 Å². The molecule has 0 fully saturated rings. The minimum absolute atomic E-state index is 0.297. The van der Waals surface area contributed by atoms with Crippen LogP contribution in [0, 0.1) is 0 Å². The molecule has 0 saturated carbocycles. The van der Waals surface area contributed by atoms with Gasteiger partial charge in [0.05, 0.1) is 10.7 Å². The predicted octanol–water partition coefficient (Wildman–Crippen LogP) is 1.04. The number of nitrogens with zero attached hydrogens (tertiary/aromatic N) is 2. The van der Waals surface area contributed by atoms with Crippen LogP contribution in [-0.2, 0) is 11.3 Å². The fourth-order valence-corrected chi connectivity index (χ4v) is 1.35. The molecule has 5 heteroatoms. The van der Waals surface area contributed by atoms with Crippen molar-refractivity contribution in [2.24, 2.45) is 5.73 Å². The third-order valence-electron chi connectivity index (χ3n) is 1.99. The Balaban J connectivity index is 2.47. The average molecular weight is 228 g/mol. The van der Waals surface area contributed by atoms with E-state index < -0.39 is 0 Å². The summed E-state index contributed by atoms with van der Waals surface area (Å²) in [5.41, 5.74) is 5.87. The summed E-state index contributed by atoms with van der Waals surface area (Å²) in [4.78, 5) is 16.7. The van der Waals surface area contributed by atoms with Crippen LogP contribution in [0.25, 0.3) is 0 Å². The van der Waals surface area contributed by atoms with Gasteiger partial charge in [-0.3, -0.25) is 14.7 Å². The number of aromatic nitrogens is 1. The number of carbonyl (C=O) groups excluding carboxylic acids is 1. The van der Waals surface area contributed by atoms with Crippen LogP contribution in [0.2, 0.25) is 5.02 Å². The van der Waals surface area contributed by atoms with Crippen molar-refractivity contribution >= 4 is 17.5 Å². The Bertz CT molecular complexity index is 343. The lowest BCUT2D eigenvalue weighted by Crippen LogP contribution is -2.24. The van der Waals surface area contributed by atoms with Crippen LogP contribution in [0.3, 0.4) is 0 Å². The number of amides is 1. The Hall–Kier alpha value is -1.13. The Morgan fingerprint density at radius 2 is 2.40 bits per heavy atom. The second-order valence-corrected chi connectivity index (χ2v) is 3.79. The van der Waals surface area contributed by atoms with Gasteiger partial charge in [0, 0.05) is 25.7 Å². The first-order valence-corrected chi connectivity index (χ1v) is 5.03. The maximum Gasteiger partial charge on any atom is 0.218 e. The molecular formula is C10H14ClN3O. The highest BCUT2D eigenvalue weighted by molar-refractivity contribution is 6.31. The molecule has 0 unspecified atom stereocenters. The molecule has 1 aromatic rings. The fourth-order valence-electron chi connectivity index (χ4n) is 1.17. The van der Waals surface area contributed by atoms with E-state index in [1.165, 1.54) is 0 Å². The van der Waals surface area contributed by atoms with Crippen LogP contribution in [0.15, 0.2) is 18.3 Å². The van der Waals surface area contributed by atoms with Crippen molar-refractivity contribution in [3.05, 3.63) is 29.0 Å². The summed E-state index contributed by atoms with van der Waals surface area (Å²) in [5.74, 6) is -0.297. The molecule has 0 bridgehead atoms. The summed E-state index contributed by atoms with van der Waals surface area (Å²) in [6, 6.07) is 3.58. The summed E-state index contributed by atoms with van der Waals surface area (Å²) in [6.45, 7) is 1.23. The molecule has 82 valence electrons. The number of halogens is 1. The SMILES string of the molecule is CN(CCC(N)=O)Cc1ncccc1Cl. The van der Waals surface area contributed by atoms with E-state index in [2.05, 4.69) is 4.98 Å². The number of hydrogen-bond donors (Lipinski definition) is 1. The van der Waals surface area contributed by atoms with E-state index >= 15 is 0 Å². The zero-order chi connectivity index (χ0) is 11.3. The van der Waals surface area contributed by atoms with Crippen LogP contribution in [0.1, 0.15) is 12.1 Å². The minimum atomic E-state index is -0.297. The third kappa shape index (κ3) is 4.27. The van der Waals surface area contributed by atoms with E-state index in [0.29, 0.717) is 24.5 Å². The van der Waals surface area contributed by atoms with Crippen molar-refractivity contribution in [2.45, 2.75) is 13.0 Å². The van der Waals surface area contributed by atoms with Gasteiger partial charge in [0.25, 0.3) is 0 Å². The molecule has 0 aromatic carbocycles. The largest absolute Gasteiger partial charge is 0.370 e. The summed E-state index contributed by atoms with van der Waals surface area (Å²) >= 11 is 5.95. The van der Waals surface area contributed by atoms with E-state index in [1.54, 1.807) is 18.3 Å². The maximum absolute atomic E-state index is 10.6. The molecule has 0 atom stereocenters. The Kier molecular flexibility index (Phi) is 4.52. The molecule has 0 spiro atoms. The second-order valence-electron chi connectivity index (χ2n) is 3.39. The van der Waals surface area contributed by atoms with Crippen molar-refractivity contribution in [3.63, 3.8) is 0 Å². The van der Waals surface area contributed by atoms with Crippen LogP contribution in [0.4, 0.5) is 0 Å². The lowest BCUT2D eigenvalue weighted by atomic mass is 10.3. The van der Waals surface area contributed by atoms with Gasteiger partial charge < -0.3 is 5.73 Å². The number of hydrogen-bond acceptors (Lipinski definition) is 3. The van der Waals surface area contributed by atoms with Crippen molar-refractivity contribution in [2.75, 3.05) is 13.6 Å². The van der Waals surface area contributed by atoms with Gasteiger partial charge in [-0.15, -0.1) is 0 Å². The number of primary amides is 1. The van der Waals surface area contributed by atoms with E-state index in [4.69, 9.17) is 17.3 Å². The van der Waals surface area contributed by atoms with Crippen molar-refractivity contribution in [1.82, 2.24) is 9.88 Å². The second kappa shape index (κ2) is 5.68. The zero-order valence-electron chi connectivity index (χ0n) is 8.61. The molecule has 1 heterocycles. The first kappa shape index (κ1) is 11.9. The van der Waals surface area contributed by atoms with Crippen molar-refractivity contribution in [3.8, 4) is 0 Å². The highest BCUT2D eigenvalue weighted by Gasteiger charge is 2.05. The van der Waals surface area contributed by atoms with E-state index in [-0.39, 0.29) is 5.91 Å². The van der Waals surface area contributed by atoms with E-state index in [0.717, 1.165) is 5.69 Å². The van der Waals surface area contributed by atoms with Crippen LogP contribution in [0.5, 0.6) is 0 Å². The zero-order valence-corrected chi connectivity index (χ0v) is 9.37. The standard InChI is InChI=1S/C10H14ClN3O/c1-14(6-4-10(12)15)7-9-8(11)3-2-5-13-9/h2-3,5H,4,6-7H2,1H3,(H2,12,15). The van der Waals surface area contributed by atoms with Crippen molar-refractivity contribution < 1.29 is 4.79 Å². The first-order chi connectivity index (χ1) is 7.09. The summed E-state index contributed by atoms with van der Waals surface area (Å²) in [5, 5.41) is 0.642. The molecule has 1 amide bonds. The fraction of sp³-hybridized carbons (Fsp3) is 0.400. The van der Waals surface area contributed by atoms with Gasteiger partial charge in [-0.1, -0.05) is 11.6 Å². The van der Waals surface area contributed by atoms with Crippen LogP contribution in [-0.4, -0.2) is 29.4 Å². The topological polar surface area (TPSA) is 59.2 Å². The van der Waals surface area contributed by atoms with Gasteiger partial charge in [0.15, 0.2) is 0 Å². The van der Waals surface area contributed by atoms with Gasteiger partial charge >= 0.3 is 0 Å². The lowest BCUT2D eigenvalue weighted by molar-refractivity contribution is -0.118. The lowest BCUT2D eigenvalue weighted by Gasteiger charge is -2.15. The number of nitrogens with two attached hydrogens (primary N) is 1. The highest BCUT2D eigenvalue weighted by Crippen LogP contribution is 2.13. The summed E-state index contributed by atoms with van der Waals surface area (Å²) in [7, 11) is 1.90. The first-order valence-electron chi connectivity index (χ1n) is 4.66. The molecule has 1 aromatic heterocycles. The van der Waals surface area contributed by atoms with Crippen LogP contribution < -0.4 is 5.73 Å². The van der Waals surface area contributed by atoms with Gasteiger partial charge in [-0.25, -0.2) is 0 Å². The summed E-state index contributed by atoms with van der Waals surface area (Å²) < 4.78 is 0. The number of carbonyl (C=O) groups is 1. The molecule has 4 nitrogen and oxygen atoms in total. The quantitative estimate of drug-likeness (QED) is 0.818.